The van der Waals surface area contributed by atoms with E-state index in [0.29, 0.717) is 0 Å². The molecule has 0 unspecified atom stereocenters. The first-order valence-corrected chi connectivity index (χ1v) is 7.78. The van der Waals surface area contributed by atoms with Gasteiger partial charge in [-0.1, -0.05) is 43.0 Å². The summed E-state index contributed by atoms with van der Waals surface area (Å²) in [5.74, 6) is 0. The maximum absolute atomic E-state index is 6.05. The molecule has 1 saturated heterocycles. The van der Waals surface area contributed by atoms with Gasteiger partial charge in [-0.3, -0.25) is 4.90 Å². The van der Waals surface area contributed by atoms with E-state index in [2.05, 4.69) is 17.0 Å². The van der Waals surface area contributed by atoms with Crippen LogP contribution in [0.4, 0.5) is 0 Å². The van der Waals surface area contributed by atoms with Gasteiger partial charge in [0.05, 0.1) is 13.2 Å². The molecule has 1 aliphatic heterocycles. The summed E-state index contributed by atoms with van der Waals surface area (Å²) in [6.45, 7) is 3.86. The largest absolute Gasteiger partial charge is 0.379 e. The lowest BCUT2D eigenvalue weighted by atomic mass is 9.75. The molecule has 3 rings (SSSR count). The van der Waals surface area contributed by atoms with Crippen LogP contribution in [0, 0.1) is 0 Å². The summed E-state index contributed by atoms with van der Waals surface area (Å²) in [7, 11) is 0. The summed E-state index contributed by atoms with van der Waals surface area (Å²) >= 11 is 6.05. The lowest BCUT2D eigenvalue weighted by Gasteiger charge is -2.48. The van der Waals surface area contributed by atoms with Crippen LogP contribution in [-0.4, -0.2) is 31.2 Å². The molecule has 2 aliphatic rings. The number of benzene rings is 1. The molecule has 1 heterocycles. The van der Waals surface area contributed by atoms with E-state index in [0.717, 1.165) is 31.3 Å². The Morgan fingerprint density at radius 2 is 1.58 bits per heavy atom. The molecule has 0 N–H and O–H groups in total. The molecule has 1 aromatic carbocycles. The molecule has 0 spiro atoms. The monoisotopic (exact) mass is 279 g/mol. The van der Waals surface area contributed by atoms with Gasteiger partial charge in [0, 0.05) is 23.7 Å². The number of hydrogen-bond donors (Lipinski definition) is 0. The minimum atomic E-state index is 0.229. The van der Waals surface area contributed by atoms with Gasteiger partial charge in [0.25, 0.3) is 0 Å². The van der Waals surface area contributed by atoms with Crippen LogP contribution in [-0.2, 0) is 10.3 Å². The quantitative estimate of drug-likeness (QED) is 0.816. The van der Waals surface area contributed by atoms with Crippen LogP contribution in [0.25, 0.3) is 0 Å². The molecular weight excluding hydrogens is 258 g/mol. The summed E-state index contributed by atoms with van der Waals surface area (Å²) in [5.41, 5.74) is 1.67. The highest BCUT2D eigenvalue weighted by Gasteiger charge is 2.39. The van der Waals surface area contributed by atoms with Crippen LogP contribution in [0.5, 0.6) is 0 Å². The summed E-state index contributed by atoms with van der Waals surface area (Å²) < 4.78 is 5.53. The van der Waals surface area contributed by atoms with Crippen molar-refractivity contribution in [3.8, 4) is 0 Å². The molecule has 0 bridgehead atoms. The van der Waals surface area contributed by atoms with Crippen molar-refractivity contribution in [2.45, 2.75) is 37.6 Å². The van der Waals surface area contributed by atoms with Crippen molar-refractivity contribution in [3.05, 3.63) is 34.9 Å². The molecule has 1 aromatic rings. The van der Waals surface area contributed by atoms with Crippen molar-refractivity contribution in [2.75, 3.05) is 26.3 Å². The Morgan fingerprint density at radius 1 is 0.947 bits per heavy atom. The predicted octanol–water partition coefficient (Wildman–Crippen LogP) is 3.83. The lowest BCUT2D eigenvalue weighted by Crippen LogP contribution is -2.52. The Morgan fingerprint density at radius 3 is 2.21 bits per heavy atom. The molecule has 2 nitrogen and oxygen atoms in total. The van der Waals surface area contributed by atoms with Crippen LogP contribution in [0.1, 0.15) is 37.7 Å². The van der Waals surface area contributed by atoms with Gasteiger partial charge in [0.2, 0.25) is 0 Å². The first-order valence-electron chi connectivity index (χ1n) is 7.40. The molecule has 3 heteroatoms. The van der Waals surface area contributed by atoms with Gasteiger partial charge in [-0.2, -0.15) is 0 Å². The van der Waals surface area contributed by atoms with E-state index in [1.54, 1.807) is 0 Å². The molecule has 0 atom stereocenters. The van der Waals surface area contributed by atoms with E-state index in [1.807, 2.05) is 12.1 Å². The van der Waals surface area contributed by atoms with Gasteiger partial charge in [-0.05, 0) is 30.5 Å². The first-order chi connectivity index (χ1) is 9.31. The highest BCUT2D eigenvalue weighted by molar-refractivity contribution is 6.30. The molecule has 0 aromatic heterocycles. The molecule has 0 radical (unpaired) electrons. The van der Waals surface area contributed by atoms with Gasteiger partial charge in [-0.15, -0.1) is 0 Å². The zero-order chi connectivity index (χ0) is 13.1. The average Bonchev–Trinajstić information content (AvgIpc) is 2.49. The number of halogens is 1. The Labute approximate surface area is 120 Å². The van der Waals surface area contributed by atoms with Crippen molar-refractivity contribution in [3.63, 3.8) is 0 Å². The van der Waals surface area contributed by atoms with Gasteiger partial charge < -0.3 is 4.74 Å². The van der Waals surface area contributed by atoms with E-state index in [4.69, 9.17) is 16.3 Å². The van der Waals surface area contributed by atoms with Crippen LogP contribution in [0.15, 0.2) is 24.3 Å². The highest BCUT2D eigenvalue weighted by atomic mass is 35.5. The fourth-order valence-corrected chi connectivity index (χ4v) is 3.80. The van der Waals surface area contributed by atoms with E-state index >= 15 is 0 Å². The summed E-state index contributed by atoms with van der Waals surface area (Å²) in [5, 5.41) is 0.830. The van der Waals surface area contributed by atoms with Crippen LogP contribution >= 0.6 is 11.6 Å². The Balaban J connectivity index is 1.93. The third kappa shape index (κ3) is 2.67. The normalized spacial score (nSPS) is 24.3. The van der Waals surface area contributed by atoms with Crippen LogP contribution in [0.3, 0.4) is 0 Å². The molecule has 1 aliphatic carbocycles. The summed E-state index contributed by atoms with van der Waals surface area (Å²) in [6.07, 6.45) is 6.59. The Hall–Kier alpha value is -0.570. The summed E-state index contributed by atoms with van der Waals surface area (Å²) in [6, 6.07) is 8.52. The van der Waals surface area contributed by atoms with Crippen molar-refractivity contribution in [2.24, 2.45) is 0 Å². The fraction of sp³-hybridized carbons (Fsp3) is 0.625. The van der Waals surface area contributed by atoms with E-state index in [1.165, 1.54) is 37.7 Å². The minimum Gasteiger partial charge on any atom is -0.379 e. The number of morpholine rings is 1. The zero-order valence-electron chi connectivity index (χ0n) is 11.4. The SMILES string of the molecule is Clc1ccc(C2(N3CCOCC3)CCCCC2)cc1. The van der Waals surface area contributed by atoms with Gasteiger partial charge in [-0.25, -0.2) is 0 Å². The smallest absolute Gasteiger partial charge is 0.0594 e. The predicted molar refractivity (Wildman–Crippen MR) is 78.6 cm³/mol. The lowest BCUT2D eigenvalue weighted by molar-refractivity contribution is -0.0404. The third-order valence-corrected chi connectivity index (χ3v) is 4.93. The first kappa shape index (κ1) is 13.4. The van der Waals surface area contributed by atoms with Crippen molar-refractivity contribution >= 4 is 11.6 Å². The Bertz CT molecular complexity index is 405. The van der Waals surface area contributed by atoms with Gasteiger partial charge >= 0.3 is 0 Å². The zero-order valence-corrected chi connectivity index (χ0v) is 12.2. The number of nitrogens with zero attached hydrogens (tertiary/aromatic N) is 1. The molecule has 0 amide bonds. The van der Waals surface area contributed by atoms with Crippen LogP contribution in [0.2, 0.25) is 5.02 Å². The van der Waals surface area contributed by atoms with Crippen LogP contribution < -0.4 is 0 Å². The molecule has 1 saturated carbocycles. The van der Waals surface area contributed by atoms with Crippen molar-refractivity contribution in [1.29, 1.82) is 0 Å². The molecule has 2 fully saturated rings. The molecule has 104 valence electrons. The maximum Gasteiger partial charge on any atom is 0.0594 e. The van der Waals surface area contributed by atoms with Crippen molar-refractivity contribution < 1.29 is 4.74 Å². The second kappa shape index (κ2) is 5.82. The second-order valence-corrected chi connectivity index (χ2v) is 6.13. The molecule has 19 heavy (non-hydrogen) atoms. The Kier molecular flexibility index (Phi) is 4.11. The fourth-order valence-electron chi connectivity index (χ4n) is 3.68. The number of hydrogen-bond acceptors (Lipinski definition) is 2. The average molecular weight is 280 g/mol. The minimum absolute atomic E-state index is 0.229. The van der Waals surface area contributed by atoms with E-state index in [-0.39, 0.29) is 5.54 Å². The maximum atomic E-state index is 6.05. The highest BCUT2D eigenvalue weighted by Crippen LogP contribution is 2.42. The standard InChI is InChI=1S/C16H22ClNO/c17-15-6-4-14(5-7-15)16(8-2-1-3-9-16)18-10-12-19-13-11-18/h4-7H,1-3,8-13H2. The van der Waals surface area contributed by atoms with Gasteiger partial charge in [0.1, 0.15) is 0 Å². The number of rotatable bonds is 2. The van der Waals surface area contributed by atoms with Gasteiger partial charge in [0.15, 0.2) is 0 Å². The van der Waals surface area contributed by atoms with E-state index < -0.39 is 0 Å². The van der Waals surface area contributed by atoms with E-state index in [9.17, 15) is 0 Å². The summed E-state index contributed by atoms with van der Waals surface area (Å²) in [4.78, 5) is 2.65. The topological polar surface area (TPSA) is 12.5 Å². The number of ether oxygens (including phenoxy) is 1. The second-order valence-electron chi connectivity index (χ2n) is 5.70. The van der Waals surface area contributed by atoms with Crippen molar-refractivity contribution in [1.82, 2.24) is 4.90 Å². The third-order valence-electron chi connectivity index (χ3n) is 4.68. The molecular formula is C16H22ClNO.